The number of hydrogen-bond donors (Lipinski definition) is 3. The number of fused-ring (bicyclic) bond motifs is 1. The van der Waals surface area contributed by atoms with Gasteiger partial charge in [-0.3, -0.25) is 4.55 Å². The van der Waals surface area contributed by atoms with Gasteiger partial charge in [0, 0.05) is 0 Å². The Morgan fingerprint density at radius 2 is 2.06 bits per heavy atom. The number of H-pyrrole nitrogens is 1. The van der Waals surface area contributed by atoms with Crippen LogP contribution in [0.1, 0.15) is 5.82 Å². The normalized spacial score (nSPS) is 11.4. The first-order valence-corrected chi connectivity index (χ1v) is 5.52. The number of aromatic amines is 1. The van der Waals surface area contributed by atoms with Crippen LogP contribution in [0.15, 0.2) is 23.1 Å². The van der Waals surface area contributed by atoms with Gasteiger partial charge in [0.05, 0.1) is 15.9 Å². The standard InChI is InChI=1S/C8H8N2O4S.ClH/c11-4-8-9-6-2-1-5(15(12,13)14)3-7(6)10-8;/h1-3,11H,4H2,(H,9,10)(H,12,13,14);1H. The molecule has 0 saturated heterocycles. The third-order valence-electron chi connectivity index (χ3n) is 1.95. The highest BCUT2D eigenvalue weighted by Gasteiger charge is 2.11. The van der Waals surface area contributed by atoms with Crippen LogP contribution in [-0.2, 0) is 16.7 Å². The van der Waals surface area contributed by atoms with Crippen LogP contribution in [0.25, 0.3) is 11.0 Å². The maximum atomic E-state index is 10.8. The summed E-state index contributed by atoms with van der Waals surface area (Å²) in [4.78, 5) is 6.49. The molecule has 8 heteroatoms. The molecule has 2 rings (SSSR count). The van der Waals surface area contributed by atoms with E-state index in [9.17, 15) is 8.42 Å². The molecule has 1 aromatic heterocycles. The van der Waals surface area contributed by atoms with Crippen molar-refractivity contribution < 1.29 is 18.1 Å². The summed E-state index contributed by atoms with van der Waals surface area (Å²) in [5.74, 6) is 0.345. The van der Waals surface area contributed by atoms with E-state index in [4.69, 9.17) is 9.66 Å². The number of aliphatic hydroxyl groups is 1. The lowest BCUT2D eigenvalue weighted by atomic mass is 10.3. The van der Waals surface area contributed by atoms with Crippen LogP contribution >= 0.6 is 12.4 Å². The molecule has 0 spiro atoms. The molecule has 3 N–H and O–H groups in total. The molecule has 0 aliphatic rings. The van der Waals surface area contributed by atoms with Crippen molar-refractivity contribution in [1.29, 1.82) is 0 Å². The summed E-state index contributed by atoms with van der Waals surface area (Å²) in [6.45, 7) is -0.254. The van der Waals surface area contributed by atoms with Gasteiger partial charge >= 0.3 is 0 Å². The molecule has 0 radical (unpaired) electrons. The second-order valence-corrected chi connectivity index (χ2v) is 4.42. The van der Waals surface area contributed by atoms with Crippen LogP contribution in [0.3, 0.4) is 0 Å². The largest absolute Gasteiger partial charge is 0.388 e. The Hall–Kier alpha value is -1.15. The molecule has 0 bridgehead atoms. The maximum Gasteiger partial charge on any atom is 0.294 e. The SMILES string of the molecule is Cl.O=S(=O)(O)c1ccc2nc(CO)[nH]c2c1. The lowest BCUT2D eigenvalue weighted by molar-refractivity contribution is 0.273. The fourth-order valence-corrected chi connectivity index (χ4v) is 1.78. The third-order valence-corrected chi connectivity index (χ3v) is 2.80. The number of imidazole rings is 1. The smallest absolute Gasteiger partial charge is 0.294 e. The first kappa shape index (κ1) is 12.9. The molecule has 1 heterocycles. The summed E-state index contributed by atoms with van der Waals surface area (Å²) in [6.07, 6.45) is 0. The minimum Gasteiger partial charge on any atom is -0.388 e. The van der Waals surface area contributed by atoms with Crippen molar-refractivity contribution in [1.82, 2.24) is 9.97 Å². The average Bonchev–Trinajstić information content (AvgIpc) is 2.57. The Kier molecular flexibility index (Phi) is 3.54. The Balaban J connectivity index is 0.00000128. The van der Waals surface area contributed by atoms with Crippen molar-refractivity contribution in [2.24, 2.45) is 0 Å². The summed E-state index contributed by atoms with van der Waals surface area (Å²) in [5.41, 5.74) is 0.987. The Bertz CT molecular complexity index is 608. The zero-order valence-corrected chi connectivity index (χ0v) is 9.55. The van der Waals surface area contributed by atoms with E-state index in [1.165, 1.54) is 18.2 Å². The van der Waals surface area contributed by atoms with Gasteiger partial charge in [0.25, 0.3) is 10.1 Å². The summed E-state index contributed by atoms with van der Waals surface area (Å²) in [6, 6.07) is 3.96. The second kappa shape index (κ2) is 4.38. The van der Waals surface area contributed by atoms with Gasteiger partial charge in [0.2, 0.25) is 0 Å². The van der Waals surface area contributed by atoms with Gasteiger partial charge < -0.3 is 10.1 Å². The van der Waals surface area contributed by atoms with Crippen molar-refractivity contribution >= 4 is 33.6 Å². The van der Waals surface area contributed by atoms with Crippen molar-refractivity contribution in [2.75, 3.05) is 0 Å². The zero-order valence-electron chi connectivity index (χ0n) is 7.91. The quantitative estimate of drug-likeness (QED) is 0.694. The molecule has 0 atom stereocenters. The molecule has 0 saturated carbocycles. The van der Waals surface area contributed by atoms with E-state index in [1.807, 2.05) is 0 Å². The van der Waals surface area contributed by atoms with Gasteiger partial charge in [-0.05, 0) is 18.2 Å². The summed E-state index contributed by atoms with van der Waals surface area (Å²) >= 11 is 0. The molecule has 0 fully saturated rings. The average molecular weight is 265 g/mol. The van der Waals surface area contributed by atoms with Crippen molar-refractivity contribution in [3.63, 3.8) is 0 Å². The van der Waals surface area contributed by atoms with Crippen molar-refractivity contribution in [2.45, 2.75) is 11.5 Å². The minimum atomic E-state index is -4.20. The number of nitrogens with zero attached hydrogens (tertiary/aromatic N) is 1. The van der Waals surface area contributed by atoms with Crippen LogP contribution < -0.4 is 0 Å². The number of nitrogens with one attached hydrogen (secondary N) is 1. The van der Waals surface area contributed by atoms with Gasteiger partial charge in [0.1, 0.15) is 12.4 Å². The number of halogens is 1. The lowest BCUT2D eigenvalue weighted by Gasteiger charge is -1.95. The van der Waals surface area contributed by atoms with Crippen LogP contribution in [0.2, 0.25) is 0 Å². The highest BCUT2D eigenvalue weighted by molar-refractivity contribution is 7.85. The van der Waals surface area contributed by atoms with Crippen LogP contribution in [-0.4, -0.2) is 28.0 Å². The van der Waals surface area contributed by atoms with E-state index in [1.54, 1.807) is 0 Å². The number of rotatable bonds is 2. The summed E-state index contributed by atoms with van der Waals surface area (Å²) in [7, 11) is -4.20. The first-order valence-electron chi connectivity index (χ1n) is 4.08. The third kappa shape index (κ3) is 2.33. The molecule has 0 aliphatic heterocycles. The van der Waals surface area contributed by atoms with Gasteiger partial charge in [-0.15, -0.1) is 12.4 Å². The van der Waals surface area contributed by atoms with E-state index in [2.05, 4.69) is 9.97 Å². The van der Waals surface area contributed by atoms with Crippen molar-refractivity contribution in [3.8, 4) is 0 Å². The van der Waals surface area contributed by atoms with E-state index in [0.717, 1.165) is 0 Å². The maximum absolute atomic E-state index is 10.8. The zero-order chi connectivity index (χ0) is 11.1. The van der Waals surface area contributed by atoms with E-state index < -0.39 is 10.1 Å². The molecule has 0 aliphatic carbocycles. The Labute approximate surface area is 97.5 Å². The fourth-order valence-electron chi connectivity index (χ4n) is 1.28. The van der Waals surface area contributed by atoms with Crippen LogP contribution in [0.5, 0.6) is 0 Å². The predicted octanol–water partition coefficient (Wildman–Crippen LogP) is 0.724. The van der Waals surface area contributed by atoms with Crippen LogP contribution in [0.4, 0.5) is 0 Å². The molecule has 1 aromatic carbocycles. The summed E-state index contributed by atoms with van der Waals surface area (Å²) < 4.78 is 30.5. The van der Waals surface area contributed by atoms with E-state index >= 15 is 0 Å². The molecule has 0 amide bonds. The van der Waals surface area contributed by atoms with Crippen LogP contribution in [0, 0.1) is 0 Å². The van der Waals surface area contributed by atoms with E-state index in [0.29, 0.717) is 16.9 Å². The van der Waals surface area contributed by atoms with Gasteiger partial charge in [-0.25, -0.2) is 4.98 Å². The monoisotopic (exact) mass is 264 g/mol. The summed E-state index contributed by atoms with van der Waals surface area (Å²) in [5, 5.41) is 8.81. The molecular weight excluding hydrogens is 256 g/mol. The Morgan fingerprint density at radius 1 is 1.38 bits per heavy atom. The van der Waals surface area contributed by atoms with E-state index in [-0.39, 0.29) is 23.9 Å². The molecule has 0 unspecified atom stereocenters. The minimum absolute atomic E-state index is 0. The van der Waals surface area contributed by atoms with Gasteiger partial charge in [-0.2, -0.15) is 8.42 Å². The molecular formula is C8H9ClN2O4S. The topological polar surface area (TPSA) is 103 Å². The number of aromatic nitrogens is 2. The highest BCUT2D eigenvalue weighted by atomic mass is 35.5. The number of aliphatic hydroxyl groups excluding tert-OH is 1. The number of hydrogen-bond acceptors (Lipinski definition) is 4. The molecule has 16 heavy (non-hydrogen) atoms. The Morgan fingerprint density at radius 3 is 2.62 bits per heavy atom. The molecule has 88 valence electrons. The fraction of sp³-hybridized carbons (Fsp3) is 0.125. The molecule has 6 nitrogen and oxygen atoms in total. The van der Waals surface area contributed by atoms with Gasteiger partial charge in [-0.1, -0.05) is 0 Å². The number of benzene rings is 1. The predicted molar refractivity (Wildman–Crippen MR) is 59.1 cm³/mol. The first-order chi connectivity index (χ1) is 7.00. The second-order valence-electron chi connectivity index (χ2n) is 3.00. The highest BCUT2D eigenvalue weighted by Crippen LogP contribution is 2.17. The van der Waals surface area contributed by atoms with Crippen molar-refractivity contribution in [3.05, 3.63) is 24.0 Å². The lowest BCUT2D eigenvalue weighted by Crippen LogP contribution is -1.97. The molecule has 2 aromatic rings. The van der Waals surface area contributed by atoms with Gasteiger partial charge in [0.15, 0.2) is 0 Å².